The number of unbranched alkanes of at least 4 members (excludes halogenated alkanes) is 1. The van der Waals surface area contributed by atoms with Crippen LogP contribution in [0.3, 0.4) is 0 Å². The van der Waals surface area contributed by atoms with Gasteiger partial charge in [0.25, 0.3) is 0 Å². The van der Waals surface area contributed by atoms with Crippen molar-refractivity contribution in [2.45, 2.75) is 44.9 Å². The summed E-state index contributed by atoms with van der Waals surface area (Å²) in [4.78, 5) is 58.6. The molecule has 0 saturated heterocycles. The molecule has 2 heterocycles. The minimum absolute atomic E-state index is 0. The molecule has 1 aliphatic carbocycles. The van der Waals surface area contributed by atoms with Crippen LogP contribution in [0.5, 0.6) is 0 Å². The number of anilines is 2. The second kappa shape index (κ2) is 22.1. The van der Waals surface area contributed by atoms with Gasteiger partial charge in [-0.2, -0.15) is 0 Å². The van der Waals surface area contributed by atoms with Crippen LogP contribution in [0.1, 0.15) is 72.6 Å². The molecular formula is C37H42ClIKN5O5. The van der Waals surface area contributed by atoms with Crippen molar-refractivity contribution in [3.8, 4) is 0 Å². The van der Waals surface area contributed by atoms with E-state index in [1.54, 1.807) is 18.2 Å². The maximum atomic E-state index is 12.4. The quantitative estimate of drug-likeness (QED) is 0.0463. The first kappa shape index (κ1) is 44.0. The average Bonchev–Trinajstić information content (AvgIpc) is 3.78. The number of fused-ring (bicyclic) bond motifs is 3. The molecule has 50 heavy (non-hydrogen) atoms. The minimum atomic E-state index is -0.117. The normalized spacial score (nSPS) is 13.1. The summed E-state index contributed by atoms with van der Waals surface area (Å²) < 4.78 is 0. The minimum Gasteiger partial charge on any atom is -1.00 e. The van der Waals surface area contributed by atoms with Gasteiger partial charge in [-0.3, -0.25) is 24.0 Å². The summed E-state index contributed by atoms with van der Waals surface area (Å²) >= 11 is 5.43. The molecule has 1 amide bonds. The third-order valence-electron chi connectivity index (χ3n) is 8.08. The number of Topliss-reactive ketones (excluding diaryl/α,β-unsaturated/α-hetero) is 4. The molecule has 2 aliphatic heterocycles. The number of carbonyl (C=O) groups is 5. The third kappa shape index (κ3) is 12.8. The van der Waals surface area contributed by atoms with Crippen LogP contribution in [-0.2, 0) is 35.3 Å². The molecule has 0 spiro atoms. The molecule has 0 bridgehead atoms. The maximum absolute atomic E-state index is 12.4. The van der Waals surface area contributed by atoms with Crippen LogP contribution >= 0.6 is 11.6 Å². The molecule has 0 unspecified atom stereocenters. The number of nitrogens with one attached hydrogen (secondary N) is 3. The molecule has 0 saturated carbocycles. The van der Waals surface area contributed by atoms with Crippen molar-refractivity contribution in [2.75, 3.05) is 42.7 Å². The summed E-state index contributed by atoms with van der Waals surface area (Å²) in [5.74, 6) is 0.217. The van der Waals surface area contributed by atoms with Gasteiger partial charge < -0.3 is 51.4 Å². The van der Waals surface area contributed by atoms with E-state index < -0.39 is 0 Å². The molecule has 3 aromatic rings. The van der Waals surface area contributed by atoms with Gasteiger partial charge in [-0.25, -0.2) is 0 Å². The van der Waals surface area contributed by atoms with Crippen molar-refractivity contribution < 1.29 is 99.3 Å². The van der Waals surface area contributed by atoms with Crippen molar-refractivity contribution in [1.29, 1.82) is 0 Å². The van der Waals surface area contributed by atoms with E-state index in [9.17, 15) is 24.0 Å². The molecular weight excluding hydrogens is 796 g/mol. The fourth-order valence-corrected chi connectivity index (χ4v) is 5.74. The summed E-state index contributed by atoms with van der Waals surface area (Å²) in [5.41, 5.74) is 18.6. The molecule has 0 fully saturated rings. The topological polar surface area (TPSA) is 173 Å². The molecule has 0 radical (unpaired) electrons. The van der Waals surface area contributed by atoms with Crippen LogP contribution in [0.15, 0.2) is 66.9 Å². The molecule has 13 heteroatoms. The van der Waals surface area contributed by atoms with E-state index in [0.29, 0.717) is 56.4 Å². The van der Waals surface area contributed by atoms with Gasteiger partial charge in [-0.1, -0.05) is 18.7 Å². The number of rotatable bonds is 12. The first-order valence-corrected chi connectivity index (χ1v) is 16.6. The van der Waals surface area contributed by atoms with E-state index >= 15 is 0 Å². The van der Waals surface area contributed by atoms with Crippen molar-refractivity contribution in [3.05, 3.63) is 106 Å². The second-order valence-corrected chi connectivity index (χ2v) is 12.1. The Morgan fingerprint density at radius 2 is 1.28 bits per heavy atom. The fourth-order valence-electron chi connectivity index (χ4n) is 5.59. The summed E-state index contributed by atoms with van der Waals surface area (Å²) in [6, 6.07) is 16.5. The average molecular weight is 838 g/mol. The van der Waals surface area contributed by atoms with E-state index in [4.69, 9.17) is 23.1 Å². The Bertz CT molecular complexity index is 1650. The number of hydrogen-bond donors (Lipinski definition) is 5. The van der Waals surface area contributed by atoms with Crippen molar-refractivity contribution in [3.63, 3.8) is 0 Å². The number of halogens is 2. The van der Waals surface area contributed by atoms with E-state index in [-0.39, 0.29) is 117 Å². The standard InChI is InChI=1S/C25H26N2O3.C10H8ClNO2.C2H8N2.HI.K/c1-16-10-21-12-18(7-8-23(21)27-16)24(29)4-2-3-9-26-15-25(30)19-6-5-17-13-22(28)14-20(17)11-19;11-5-9(13)6-1-2-8-7(3-6)4-10(14)12-8;3-1-2-4;;/h5-8,11-12,26-27H,1-4,9-10,13-15H2;1-3H,4-5H2,(H,12,14);1-4H2;1H;/q;;;;+1/p-1. The number of alkyl halides is 1. The third-order valence-corrected chi connectivity index (χ3v) is 8.32. The number of benzene rings is 3. The van der Waals surface area contributed by atoms with Crippen molar-refractivity contribution >= 4 is 52.0 Å². The predicted octanol–water partition coefficient (Wildman–Crippen LogP) is -1.82. The van der Waals surface area contributed by atoms with Gasteiger partial charge in [0.15, 0.2) is 17.3 Å². The first-order chi connectivity index (χ1) is 23.1. The Morgan fingerprint density at radius 1 is 0.720 bits per heavy atom. The monoisotopic (exact) mass is 837 g/mol. The zero-order valence-corrected chi connectivity index (χ0v) is 34.4. The maximum Gasteiger partial charge on any atom is 1.00 e. The molecule has 6 rings (SSSR count). The largest absolute Gasteiger partial charge is 1.00 e. The van der Waals surface area contributed by atoms with E-state index in [1.165, 1.54) is 0 Å². The second-order valence-electron chi connectivity index (χ2n) is 11.9. The van der Waals surface area contributed by atoms with Gasteiger partial charge >= 0.3 is 51.4 Å². The summed E-state index contributed by atoms with van der Waals surface area (Å²) in [6.07, 6.45) is 4.16. The van der Waals surface area contributed by atoms with E-state index in [1.807, 2.05) is 36.4 Å². The van der Waals surface area contributed by atoms with Crippen molar-refractivity contribution in [2.24, 2.45) is 11.5 Å². The summed E-state index contributed by atoms with van der Waals surface area (Å²) in [7, 11) is 0. The molecule has 10 nitrogen and oxygen atoms in total. The predicted molar refractivity (Wildman–Crippen MR) is 189 cm³/mol. The van der Waals surface area contributed by atoms with Gasteiger partial charge in [0.1, 0.15) is 5.78 Å². The van der Waals surface area contributed by atoms with Gasteiger partial charge in [-0.15, -0.1) is 11.6 Å². The SMILES string of the molecule is C=C1Cc2cc(C(=O)CCCCNCC(=O)c3ccc4c(c3)CC(=O)C4)ccc2N1.NCCN.O=C1Cc2cc(C(=O)CCl)ccc2N1.[I-].[K+]. The van der Waals surface area contributed by atoms with Crippen LogP contribution in [0.25, 0.3) is 0 Å². The van der Waals surface area contributed by atoms with Gasteiger partial charge in [0.05, 0.1) is 18.8 Å². The summed E-state index contributed by atoms with van der Waals surface area (Å²) in [5, 5.41) is 9.07. The van der Waals surface area contributed by atoms with Gasteiger partial charge in [-0.05, 0) is 84.1 Å². The van der Waals surface area contributed by atoms with Crippen molar-refractivity contribution in [1.82, 2.24) is 5.32 Å². The van der Waals surface area contributed by atoms with Crippen LogP contribution in [0.4, 0.5) is 11.4 Å². The molecule has 3 aromatic carbocycles. The molecule has 3 aliphatic rings. The Hall–Kier alpha value is -2.11. The van der Waals surface area contributed by atoms with E-state index in [2.05, 4.69) is 22.5 Å². The molecule has 260 valence electrons. The Balaban J connectivity index is 0.000000362. The zero-order chi connectivity index (χ0) is 34.6. The first-order valence-electron chi connectivity index (χ1n) is 16.0. The number of carbonyl (C=O) groups excluding carboxylic acids is 5. The number of ketones is 4. The molecule has 0 aromatic heterocycles. The van der Waals surface area contributed by atoms with Gasteiger partial charge in [0, 0.05) is 72.5 Å². The van der Waals surface area contributed by atoms with Crippen LogP contribution in [-0.4, -0.2) is 61.1 Å². The molecule has 7 N–H and O–H groups in total. The van der Waals surface area contributed by atoms with Crippen LogP contribution < -0.4 is 103 Å². The number of nitrogens with two attached hydrogens (primary N) is 2. The Morgan fingerprint density at radius 3 is 1.94 bits per heavy atom. The number of allylic oxidation sites excluding steroid dienone is 1. The molecule has 0 atom stereocenters. The number of hydrogen-bond acceptors (Lipinski definition) is 9. The van der Waals surface area contributed by atoms with Crippen LogP contribution in [0, 0.1) is 0 Å². The summed E-state index contributed by atoms with van der Waals surface area (Å²) in [6.45, 7) is 6.08. The zero-order valence-electron chi connectivity index (χ0n) is 28.3. The Labute approximate surface area is 357 Å². The Kier molecular flexibility index (Phi) is 19.4. The van der Waals surface area contributed by atoms with E-state index in [0.717, 1.165) is 64.2 Å². The van der Waals surface area contributed by atoms with Gasteiger partial charge in [0.2, 0.25) is 5.91 Å². The number of amides is 1. The smallest absolute Gasteiger partial charge is 1.00 e. The van der Waals surface area contributed by atoms with Crippen LogP contribution in [0.2, 0.25) is 0 Å². The fraction of sp³-hybridized carbons (Fsp3) is 0.324.